The molecule has 0 bridgehead atoms. The number of ether oxygens (including phenoxy) is 1. The molecule has 1 aromatic rings. The number of hydrogen-bond acceptors (Lipinski definition) is 3. The van der Waals surface area contributed by atoms with Gasteiger partial charge in [-0.15, -0.1) is 0 Å². The van der Waals surface area contributed by atoms with Gasteiger partial charge in [-0.3, -0.25) is 0 Å². The molecule has 0 spiro atoms. The minimum absolute atomic E-state index is 0.00926. The quantitative estimate of drug-likeness (QED) is 0.396. The Labute approximate surface area is 82.5 Å². The minimum atomic E-state index is -0.714. The van der Waals surface area contributed by atoms with Crippen molar-refractivity contribution in [3.63, 3.8) is 0 Å². The normalized spacial score (nSPS) is 9.93. The van der Waals surface area contributed by atoms with Crippen molar-refractivity contribution in [2.45, 2.75) is 6.92 Å². The van der Waals surface area contributed by atoms with E-state index in [1.54, 1.807) is 6.92 Å². The van der Waals surface area contributed by atoms with Crippen molar-refractivity contribution in [2.75, 3.05) is 12.8 Å². The zero-order valence-corrected chi connectivity index (χ0v) is 7.93. The summed E-state index contributed by atoms with van der Waals surface area (Å²) >= 11 is 0. The number of carbonyl (C=O) groups is 1. The number of nitrogen functional groups attached to an aromatic ring is 1. The molecule has 0 saturated carbocycles. The number of nitrogens with two attached hydrogens (primary N) is 1. The average Bonchev–Trinajstić information content (AvgIpc) is 2.15. The fraction of sp³-hybridized carbons (Fsp3) is 0.222. The van der Waals surface area contributed by atoms with Crippen LogP contribution in [-0.4, -0.2) is 20.9 Å². The smallest absolute Gasteiger partial charge is 0.337 e. The van der Waals surface area contributed by atoms with Crippen LogP contribution in [0.25, 0.3) is 0 Å². The third kappa shape index (κ3) is 1.57. The van der Waals surface area contributed by atoms with E-state index >= 15 is 0 Å². The second kappa shape index (κ2) is 3.70. The molecule has 3 nitrogen and oxygen atoms in total. The first-order valence-electron chi connectivity index (χ1n) is 3.91. The van der Waals surface area contributed by atoms with E-state index < -0.39 is 11.8 Å². The maximum absolute atomic E-state index is 13.1. The first kappa shape index (κ1) is 10.6. The molecule has 0 aromatic heterocycles. The van der Waals surface area contributed by atoms with Crippen molar-refractivity contribution >= 4 is 25.0 Å². The molecule has 0 aliphatic rings. The van der Waals surface area contributed by atoms with Gasteiger partial charge in [0.15, 0.2) is 0 Å². The van der Waals surface area contributed by atoms with Gasteiger partial charge in [0, 0.05) is 5.69 Å². The standard InChI is InChI=1S/C9H9BFNO2/c1-4-6(12)3-5(11)8(10)7(4)9(13)14-2/h3H,12H2,1-2H3. The summed E-state index contributed by atoms with van der Waals surface area (Å²) in [4.78, 5) is 11.2. The fourth-order valence-electron chi connectivity index (χ4n) is 1.15. The summed E-state index contributed by atoms with van der Waals surface area (Å²) in [5.41, 5.74) is 5.84. The van der Waals surface area contributed by atoms with E-state index in [9.17, 15) is 9.18 Å². The molecular weight excluding hydrogens is 184 g/mol. The van der Waals surface area contributed by atoms with E-state index in [4.69, 9.17) is 13.6 Å². The molecule has 5 heteroatoms. The van der Waals surface area contributed by atoms with Crippen LogP contribution in [0, 0.1) is 12.7 Å². The summed E-state index contributed by atoms with van der Waals surface area (Å²) in [6.07, 6.45) is 0. The molecule has 0 heterocycles. The lowest BCUT2D eigenvalue weighted by atomic mass is 9.86. The van der Waals surface area contributed by atoms with Gasteiger partial charge in [0.25, 0.3) is 0 Å². The maximum atomic E-state index is 13.1. The molecule has 1 rings (SSSR count). The SMILES string of the molecule is [B]c1c(F)cc(N)c(C)c1C(=O)OC. The van der Waals surface area contributed by atoms with E-state index in [2.05, 4.69) is 4.74 Å². The molecule has 1 aromatic carbocycles. The number of methoxy groups -OCH3 is 1. The Morgan fingerprint density at radius 2 is 2.21 bits per heavy atom. The van der Waals surface area contributed by atoms with Crippen LogP contribution in [-0.2, 0) is 4.74 Å². The summed E-state index contributed by atoms with van der Waals surface area (Å²) in [6, 6.07) is 1.08. The predicted molar refractivity (Wildman–Crippen MR) is 52.3 cm³/mol. The van der Waals surface area contributed by atoms with Gasteiger partial charge in [-0.25, -0.2) is 9.18 Å². The van der Waals surface area contributed by atoms with Crippen LogP contribution in [0.2, 0.25) is 0 Å². The number of benzene rings is 1. The third-order valence-electron chi connectivity index (χ3n) is 2.01. The lowest BCUT2D eigenvalue weighted by Gasteiger charge is -2.11. The van der Waals surface area contributed by atoms with Gasteiger partial charge >= 0.3 is 5.97 Å². The Bertz CT molecular complexity index is 367. The van der Waals surface area contributed by atoms with E-state index in [0.717, 1.165) is 6.07 Å². The van der Waals surface area contributed by atoms with Gasteiger partial charge < -0.3 is 10.5 Å². The van der Waals surface area contributed by atoms with E-state index in [1.807, 2.05) is 0 Å². The van der Waals surface area contributed by atoms with Gasteiger partial charge in [0.2, 0.25) is 0 Å². The summed E-state index contributed by atoms with van der Waals surface area (Å²) in [7, 11) is 6.59. The summed E-state index contributed by atoms with van der Waals surface area (Å²) in [6.45, 7) is 1.58. The summed E-state index contributed by atoms with van der Waals surface area (Å²) in [5.74, 6) is -1.40. The van der Waals surface area contributed by atoms with Crippen LogP contribution in [0.5, 0.6) is 0 Å². The van der Waals surface area contributed by atoms with E-state index in [1.165, 1.54) is 7.11 Å². The first-order chi connectivity index (χ1) is 6.49. The molecule has 0 saturated heterocycles. The number of esters is 1. The fourth-order valence-corrected chi connectivity index (χ4v) is 1.15. The van der Waals surface area contributed by atoms with Crippen molar-refractivity contribution < 1.29 is 13.9 Å². The molecule has 72 valence electrons. The van der Waals surface area contributed by atoms with E-state index in [-0.39, 0.29) is 16.7 Å². The van der Waals surface area contributed by atoms with Crippen molar-refractivity contribution in [1.82, 2.24) is 0 Å². The maximum Gasteiger partial charge on any atom is 0.337 e. The van der Waals surface area contributed by atoms with Crippen LogP contribution in [0.1, 0.15) is 15.9 Å². The zero-order chi connectivity index (χ0) is 10.9. The second-order valence-electron chi connectivity index (χ2n) is 2.85. The predicted octanol–water partition coefficient (Wildman–Crippen LogP) is 0.297. The average molecular weight is 193 g/mol. The molecule has 0 fully saturated rings. The molecule has 0 aliphatic heterocycles. The van der Waals surface area contributed by atoms with Crippen molar-refractivity contribution in [1.29, 1.82) is 0 Å². The number of halogens is 1. The molecule has 0 amide bonds. The molecule has 14 heavy (non-hydrogen) atoms. The van der Waals surface area contributed by atoms with Crippen LogP contribution in [0.3, 0.4) is 0 Å². The van der Waals surface area contributed by atoms with E-state index in [0.29, 0.717) is 5.56 Å². The number of carbonyl (C=O) groups excluding carboxylic acids is 1. The second-order valence-corrected chi connectivity index (χ2v) is 2.85. The van der Waals surface area contributed by atoms with Gasteiger partial charge in [-0.1, -0.05) is 0 Å². The number of anilines is 1. The molecule has 2 N–H and O–H groups in total. The van der Waals surface area contributed by atoms with Gasteiger partial charge in [0.05, 0.1) is 12.7 Å². The Hall–Kier alpha value is -1.52. The molecule has 0 unspecified atom stereocenters. The molecule has 0 atom stereocenters. The van der Waals surface area contributed by atoms with Crippen molar-refractivity contribution in [2.24, 2.45) is 0 Å². The van der Waals surface area contributed by atoms with Gasteiger partial charge in [-0.05, 0) is 24.0 Å². The van der Waals surface area contributed by atoms with Crippen LogP contribution >= 0.6 is 0 Å². The Morgan fingerprint density at radius 3 is 2.71 bits per heavy atom. The highest BCUT2D eigenvalue weighted by atomic mass is 19.1. The first-order valence-corrected chi connectivity index (χ1v) is 3.91. The molecule has 0 aliphatic carbocycles. The van der Waals surface area contributed by atoms with Crippen LogP contribution < -0.4 is 11.2 Å². The summed E-state index contributed by atoms with van der Waals surface area (Å²) in [5, 5.41) is 0. The minimum Gasteiger partial charge on any atom is -0.465 e. The molecule has 2 radical (unpaired) electrons. The van der Waals surface area contributed by atoms with Crippen molar-refractivity contribution in [3.05, 3.63) is 23.0 Å². The molecular formula is C9H9BFNO2. The zero-order valence-electron chi connectivity index (χ0n) is 7.93. The van der Waals surface area contributed by atoms with Crippen LogP contribution in [0.15, 0.2) is 6.07 Å². The summed E-state index contributed by atoms with van der Waals surface area (Å²) < 4.78 is 17.6. The largest absolute Gasteiger partial charge is 0.465 e. The lowest BCUT2D eigenvalue weighted by molar-refractivity contribution is 0.0601. The Kier molecular flexibility index (Phi) is 2.79. The Morgan fingerprint density at radius 1 is 1.64 bits per heavy atom. The highest BCUT2D eigenvalue weighted by Crippen LogP contribution is 2.16. The van der Waals surface area contributed by atoms with Crippen molar-refractivity contribution in [3.8, 4) is 0 Å². The highest BCUT2D eigenvalue weighted by molar-refractivity contribution is 6.36. The lowest BCUT2D eigenvalue weighted by Crippen LogP contribution is -2.23. The third-order valence-corrected chi connectivity index (χ3v) is 2.01. The topological polar surface area (TPSA) is 52.3 Å². The Balaban J connectivity index is 3.47. The highest BCUT2D eigenvalue weighted by Gasteiger charge is 2.17. The van der Waals surface area contributed by atoms with Gasteiger partial charge in [0.1, 0.15) is 13.7 Å². The number of rotatable bonds is 1. The number of hydrogen-bond donors (Lipinski definition) is 1. The van der Waals surface area contributed by atoms with Crippen LogP contribution in [0.4, 0.5) is 10.1 Å². The van der Waals surface area contributed by atoms with Gasteiger partial charge in [-0.2, -0.15) is 0 Å². The monoisotopic (exact) mass is 193 g/mol.